The van der Waals surface area contributed by atoms with Crippen molar-refractivity contribution >= 4 is 5.91 Å². The molecule has 0 aliphatic carbocycles. The summed E-state index contributed by atoms with van der Waals surface area (Å²) in [7, 11) is 1.74. The van der Waals surface area contributed by atoms with Crippen molar-refractivity contribution in [3.8, 4) is 6.07 Å². The summed E-state index contributed by atoms with van der Waals surface area (Å²) in [5.74, 6) is -0.243. The highest BCUT2D eigenvalue weighted by Gasteiger charge is 2.26. The van der Waals surface area contributed by atoms with Crippen LogP contribution in [0.15, 0.2) is 0 Å². The van der Waals surface area contributed by atoms with Crippen LogP contribution < -0.4 is 5.73 Å². The third-order valence-corrected chi connectivity index (χ3v) is 2.64. The zero-order chi connectivity index (χ0) is 13.6. The summed E-state index contributed by atoms with van der Waals surface area (Å²) in [6, 6.07) is 2.13. The monoisotopic (exact) mass is 239 g/mol. The topological polar surface area (TPSA) is 70.1 Å². The van der Waals surface area contributed by atoms with E-state index >= 15 is 0 Å². The average Bonchev–Trinajstić information content (AvgIpc) is 2.23. The Morgan fingerprint density at radius 2 is 2.00 bits per heavy atom. The number of amides is 1. The lowest BCUT2D eigenvalue weighted by Gasteiger charge is -2.28. The molecule has 2 atom stereocenters. The number of nitrogens with two attached hydrogens (primary N) is 1. The first-order valence-electron chi connectivity index (χ1n) is 6.06. The molecule has 0 saturated carbocycles. The van der Waals surface area contributed by atoms with Gasteiger partial charge in [0.05, 0.1) is 17.9 Å². The molecule has 0 rings (SSSR count). The molecule has 0 spiro atoms. The van der Waals surface area contributed by atoms with Crippen LogP contribution in [0.3, 0.4) is 0 Å². The van der Waals surface area contributed by atoms with E-state index in [1.165, 1.54) is 0 Å². The molecule has 17 heavy (non-hydrogen) atoms. The fourth-order valence-electron chi connectivity index (χ4n) is 1.86. The zero-order valence-electron chi connectivity index (χ0n) is 11.7. The molecule has 0 aromatic rings. The Kier molecular flexibility index (Phi) is 6.19. The molecule has 0 saturated heterocycles. The number of rotatable bonds is 5. The Labute approximate surface area is 105 Å². The van der Waals surface area contributed by atoms with Crippen LogP contribution in [0.4, 0.5) is 0 Å². The van der Waals surface area contributed by atoms with E-state index < -0.39 is 0 Å². The lowest BCUT2D eigenvalue weighted by molar-refractivity contribution is -0.135. The van der Waals surface area contributed by atoms with E-state index in [1.54, 1.807) is 11.9 Å². The number of carbonyl (C=O) groups is 1. The van der Waals surface area contributed by atoms with Gasteiger partial charge in [-0.3, -0.25) is 4.79 Å². The Balaban J connectivity index is 4.49. The summed E-state index contributed by atoms with van der Waals surface area (Å²) in [6.07, 6.45) is 0.771. The Morgan fingerprint density at radius 1 is 1.47 bits per heavy atom. The molecular weight excluding hydrogens is 214 g/mol. The standard InChI is InChI=1S/C13H25N3O/c1-10(7-14)9-16(5)12(17)11(8-15)6-13(2,3)4/h10-11H,6,8-9,15H2,1-5H3. The fourth-order valence-corrected chi connectivity index (χ4v) is 1.86. The molecule has 98 valence electrons. The molecule has 0 fully saturated rings. The zero-order valence-corrected chi connectivity index (χ0v) is 11.7. The first kappa shape index (κ1) is 15.9. The van der Waals surface area contributed by atoms with Crippen molar-refractivity contribution in [3.05, 3.63) is 0 Å². The molecule has 0 heterocycles. The van der Waals surface area contributed by atoms with Gasteiger partial charge in [-0.25, -0.2) is 0 Å². The first-order chi connectivity index (χ1) is 7.71. The summed E-state index contributed by atoms with van der Waals surface area (Å²) < 4.78 is 0. The smallest absolute Gasteiger partial charge is 0.226 e. The van der Waals surface area contributed by atoms with Crippen molar-refractivity contribution in [2.75, 3.05) is 20.1 Å². The van der Waals surface area contributed by atoms with Gasteiger partial charge in [0.1, 0.15) is 0 Å². The van der Waals surface area contributed by atoms with Gasteiger partial charge in [0.25, 0.3) is 0 Å². The molecule has 0 aromatic carbocycles. The fraction of sp³-hybridized carbons (Fsp3) is 0.846. The highest BCUT2D eigenvalue weighted by molar-refractivity contribution is 5.78. The summed E-state index contributed by atoms with van der Waals surface area (Å²) in [5.41, 5.74) is 5.75. The van der Waals surface area contributed by atoms with Crippen LogP contribution >= 0.6 is 0 Å². The number of nitrogens with zero attached hydrogens (tertiary/aromatic N) is 2. The molecule has 4 nitrogen and oxygen atoms in total. The van der Waals surface area contributed by atoms with Crippen LogP contribution in [0.1, 0.15) is 34.1 Å². The second kappa shape index (κ2) is 6.61. The van der Waals surface area contributed by atoms with Crippen LogP contribution in [0.25, 0.3) is 0 Å². The lowest BCUT2D eigenvalue weighted by Crippen LogP contribution is -2.40. The van der Waals surface area contributed by atoms with E-state index in [-0.39, 0.29) is 23.2 Å². The van der Waals surface area contributed by atoms with Gasteiger partial charge in [-0.05, 0) is 18.8 Å². The maximum absolute atomic E-state index is 12.1. The van der Waals surface area contributed by atoms with Crippen molar-refractivity contribution in [1.29, 1.82) is 5.26 Å². The van der Waals surface area contributed by atoms with Crippen LogP contribution in [0.5, 0.6) is 0 Å². The van der Waals surface area contributed by atoms with Gasteiger partial charge in [0, 0.05) is 20.1 Å². The van der Waals surface area contributed by atoms with Gasteiger partial charge in [-0.1, -0.05) is 20.8 Å². The van der Waals surface area contributed by atoms with Crippen molar-refractivity contribution in [1.82, 2.24) is 4.90 Å². The second-order valence-corrected chi connectivity index (χ2v) is 5.95. The maximum atomic E-state index is 12.1. The highest BCUT2D eigenvalue weighted by atomic mass is 16.2. The highest BCUT2D eigenvalue weighted by Crippen LogP contribution is 2.25. The number of hydrogen-bond donors (Lipinski definition) is 1. The van der Waals surface area contributed by atoms with E-state index in [0.29, 0.717) is 13.1 Å². The summed E-state index contributed by atoms with van der Waals surface area (Å²) in [4.78, 5) is 13.8. The van der Waals surface area contributed by atoms with E-state index in [1.807, 2.05) is 6.92 Å². The van der Waals surface area contributed by atoms with Gasteiger partial charge in [-0.15, -0.1) is 0 Å². The van der Waals surface area contributed by atoms with E-state index in [2.05, 4.69) is 26.8 Å². The van der Waals surface area contributed by atoms with E-state index in [0.717, 1.165) is 6.42 Å². The van der Waals surface area contributed by atoms with Crippen molar-refractivity contribution in [3.63, 3.8) is 0 Å². The predicted molar refractivity (Wildman–Crippen MR) is 69.0 cm³/mol. The second-order valence-electron chi connectivity index (χ2n) is 5.95. The molecule has 0 aromatic heterocycles. The lowest BCUT2D eigenvalue weighted by atomic mass is 9.84. The predicted octanol–water partition coefficient (Wildman–Crippen LogP) is 1.62. The number of hydrogen-bond acceptors (Lipinski definition) is 3. The summed E-state index contributed by atoms with van der Waals surface area (Å²) >= 11 is 0. The normalized spacial score (nSPS) is 14.9. The van der Waals surface area contributed by atoms with Crippen molar-refractivity contribution in [2.24, 2.45) is 23.0 Å². The first-order valence-corrected chi connectivity index (χ1v) is 6.06. The Morgan fingerprint density at radius 3 is 2.35 bits per heavy atom. The van der Waals surface area contributed by atoms with Crippen molar-refractivity contribution in [2.45, 2.75) is 34.1 Å². The minimum atomic E-state index is -0.147. The van der Waals surface area contributed by atoms with Crippen LogP contribution in [0.2, 0.25) is 0 Å². The molecule has 0 aliphatic rings. The van der Waals surface area contributed by atoms with E-state index in [9.17, 15) is 4.79 Å². The molecule has 2 unspecified atom stereocenters. The van der Waals surface area contributed by atoms with Crippen LogP contribution in [0, 0.1) is 28.6 Å². The van der Waals surface area contributed by atoms with Gasteiger partial charge in [0.2, 0.25) is 5.91 Å². The van der Waals surface area contributed by atoms with E-state index in [4.69, 9.17) is 11.0 Å². The molecule has 0 radical (unpaired) electrons. The molecule has 2 N–H and O–H groups in total. The van der Waals surface area contributed by atoms with Gasteiger partial charge < -0.3 is 10.6 Å². The molecular formula is C13H25N3O. The largest absolute Gasteiger partial charge is 0.344 e. The molecule has 0 bridgehead atoms. The van der Waals surface area contributed by atoms with Gasteiger partial charge >= 0.3 is 0 Å². The Hall–Kier alpha value is -1.08. The molecule has 4 heteroatoms. The average molecular weight is 239 g/mol. The summed E-state index contributed by atoms with van der Waals surface area (Å²) in [6.45, 7) is 8.94. The SMILES string of the molecule is CC(C#N)CN(C)C(=O)C(CN)CC(C)(C)C. The quantitative estimate of drug-likeness (QED) is 0.792. The third-order valence-electron chi connectivity index (χ3n) is 2.64. The van der Waals surface area contributed by atoms with Gasteiger partial charge in [-0.2, -0.15) is 5.26 Å². The minimum absolute atomic E-state index is 0.0459. The third kappa shape index (κ3) is 6.28. The van der Waals surface area contributed by atoms with Crippen LogP contribution in [-0.2, 0) is 4.79 Å². The maximum Gasteiger partial charge on any atom is 0.226 e. The summed E-state index contributed by atoms with van der Waals surface area (Å²) in [5, 5.41) is 8.74. The molecule has 0 aliphatic heterocycles. The Bertz CT molecular complexity index is 288. The van der Waals surface area contributed by atoms with Gasteiger partial charge in [0.15, 0.2) is 0 Å². The van der Waals surface area contributed by atoms with Crippen LogP contribution in [-0.4, -0.2) is 30.9 Å². The minimum Gasteiger partial charge on any atom is -0.344 e. The van der Waals surface area contributed by atoms with Crippen molar-refractivity contribution < 1.29 is 4.79 Å². The number of carbonyl (C=O) groups excluding carboxylic acids is 1. The molecule has 1 amide bonds. The number of nitriles is 1.